The molecule has 0 unspecified atom stereocenters. The minimum absolute atomic E-state index is 0.0634. The smallest absolute Gasteiger partial charge is 0.267 e. The maximum absolute atomic E-state index is 12.0. The summed E-state index contributed by atoms with van der Waals surface area (Å²) < 4.78 is 1.50. The molecule has 0 aromatic carbocycles. The van der Waals surface area contributed by atoms with Crippen molar-refractivity contribution in [1.82, 2.24) is 14.8 Å². The standard InChI is InChI=1S/C13H15N3OS/c1-2-7-16-13(17)10(9-18)8-12(15-16)11-5-3-4-6-14-11/h3-6,8,18H,2,7,9H2,1H3. The molecule has 2 aromatic rings. The minimum Gasteiger partial charge on any atom is -0.267 e. The van der Waals surface area contributed by atoms with Gasteiger partial charge in [-0.05, 0) is 24.6 Å². The Bertz CT molecular complexity index is 581. The molecule has 94 valence electrons. The van der Waals surface area contributed by atoms with Crippen LogP contribution in [0.5, 0.6) is 0 Å². The zero-order valence-corrected chi connectivity index (χ0v) is 11.1. The average molecular weight is 261 g/mol. The molecule has 0 aliphatic heterocycles. The van der Waals surface area contributed by atoms with Crippen LogP contribution in [0.1, 0.15) is 18.9 Å². The Balaban J connectivity index is 2.55. The molecule has 0 N–H and O–H groups in total. The largest absolute Gasteiger partial charge is 0.270 e. The molecule has 2 aromatic heterocycles. The van der Waals surface area contributed by atoms with Gasteiger partial charge in [0.2, 0.25) is 0 Å². The molecule has 0 aliphatic rings. The van der Waals surface area contributed by atoms with Crippen LogP contribution in [0.15, 0.2) is 35.3 Å². The Morgan fingerprint density at radius 1 is 1.33 bits per heavy atom. The molecule has 0 amide bonds. The highest BCUT2D eigenvalue weighted by atomic mass is 32.1. The Kier molecular flexibility index (Phi) is 4.15. The van der Waals surface area contributed by atoms with Gasteiger partial charge in [0.1, 0.15) is 5.69 Å². The third-order valence-corrected chi connectivity index (χ3v) is 2.92. The van der Waals surface area contributed by atoms with Gasteiger partial charge in [-0.3, -0.25) is 9.78 Å². The van der Waals surface area contributed by atoms with E-state index in [0.717, 1.165) is 12.1 Å². The Morgan fingerprint density at radius 3 is 2.78 bits per heavy atom. The van der Waals surface area contributed by atoms with E-state index in [1.165, 1.54) is 4.68 Å². The highest BCUT2D eigenvalue weighted by Gasteiger charge is 2.09. The lowest BCUT2D eigenvalue weighted by Crippen LogP contribution is -2.26. The maximum Gasteiger partial charge on any atom is 0.270 e. The minimum atomic E-state index is -0.0634. The number of nitrogens with zero attached hydrogens (tertiary/aromatic N) is 3. The molecule has 0 bridgehead atoms. The maximum atomic E-state index is 12.0. The first-order valence-corrected chi connectivity index (χ1v) is 6.52. The number of aryl methyl sites for hydroxylation is 1. The summed E-state index contributed by atoms with van der Waals surface area (Å²) in [6, 6.07) is 7.40. The van der Waals surface area contributed by atoms with E-state index < -0.39 is 0 Å². The van der Waals surface area contributed by atoms with E-state index in [0.29, 0.717) is 23.6 Å². The van der Waals surface area contributed by atoms with E-state index in [1.807, 2.05) is 25.1 Å². The van der Waals surface area contributed by atoms with Gasteiger partial charge in [-0.1, -0.05) is 13.0 Å². The van der Waals surface area contributed by atoms with Crippen molar-refractivity contribution in [3.8, 4) is 11.4 Å². The van der Waals surface area contributed by atoms with Gasteiger partial charge >= 0.3 is 0 Å². The summed E-state index contributed by atoms with van der Waals surface area (Å²) in [5, 5.41) is 4.35. The molecular weight excluding hydrogens is 246 g/mol. The molecule has 0 fully saturated rings. The molecule has 2 rings (SSSR count). The Labute approximate surface area is 111 Å². The van der Waals surface area contributed by atoms with Gasteiger partial charge in [0, 0.05) is 24.1 Å². The molecule has 0 radical (unpaired) electrons. The van der Waals surface area contributed by atoms with Crippen LogP contribution in [0.4, 0.5) is 0 Å². The van der Waals surface area contributed by atoms with Gasteiger partial charge in [-0.2, -0.15) is 17.7 Å². The van der Waals surface area contributed by atoms with Gasteiger partial charge < -0.3 is 0 Å². The van der Waals surface area contributed by atoms with Crippen LogP contribution in [0, 0.1) is 0 Å². The summed E-state index contributed by atoms with van der Waals surface area (Å²) >= 11 is 4.19. The van der Waals surface area contributed by atoms with Crippen molar-refractivity contribution in [2.24, 2.45) is 0 Å². The average Bonchev–Trinajstić information content (AvgIpc) is 2.42. The van der Waals surface area contributed by atoms with Crippen molar-refractivity contribution in [3.05, 3.63) is 46.4 Å². The number of thiol groups is 1. The molecule has 0 saturated carbocycles. The lowest BCUT2D eigenvalue weighted by molar-refractivity contribution is 0.566. The van der Waals surface area contributed by atoms with E-state index in [1.54, 1.807) is 12.3 Å². The van der Waals surface area contributed by atoms with E-state index in [4.69, 9.17) is 0 Å². The molecule has 0 aliphatic carbocycles. The normalized spacial score (nSPS) is 10.6. The third kappa shape index (κ3) is 2.61. The molecular formula is C13H15N3OS. The zero-order chi connectivity index (χ0) is 13.0. The van der Waals surface area contributed by atoms with Gasteiger partial charge in [0.05, 0.1) is 5.69 Å². The summed E-state index contributed by atoms with van der Waals surface area (Å²) in [7, 11) is 0. The van der Waals surface area contributed by atoms with Crippen molar-refractivity contribution < 1.29 is 0 Å². The fraction of sp³-hybridized carbons (Fsp3) is 0.308. The molecule has 0 saturated heterocycles. The fourth-order valence-corrected chi connectivity index (χ4v) is 1.94. The summed E-state index contributed by atoms with van der Waals surface area (Å²) in [6.45, 7) is 2.63. The second-order valence-corrected chi connectivity index (χ2v) is 4.27. The Hall–Kier alpha value is -1.62. The fourth-order valence-electron chi connectivity index (χ4n) is 1.71. The van der Waals surface area contributed by atoms with Crippen LogP contribution >= 0.6 is 12.6 Å². The molecule has 0 spiro atoms. The third-order valence-electron chi connectivity index (χ3n) is 2.58. The predicted molar refractivity (Wildman–Crippen MR) is 74.7 cm³/mol. The van der Waals surface area contributed by atoms with Crippen molar-refractivity contribution >= 4 is 12.6 Å². The Morgan fingerprint density at radius 2 is 2.17 bits per heavy atom. The van der Waals surface area contributed by atoms with Gasteiger partial charge in [-0.15, -0.1) is 0 Å². The first kappa shape index (κ1) is 12.8. The van der Waals surface area contributed by atoms with E-state index in [-0.39, 0.29) is 5.56 Å². The molecule has 18 heavy (non-hydrogen) atoms. The molecule has 2 heterocycles. The molecule has 5 heteroatoms. The highest BCUT2D eigenvalue weighted by molar-refractivity contribution is 7.79. The van der Waals surface area contributed by atoms with Gasteiger partial charge in [0.15, 0.2) is 0 Å². The number of hydrogen-bond donors (Lipinski definition) is 1. The molecule has 0 atom stereocenters. The van der Waals surface area contributed by atoms with Crippen molar-refractivity contribution in [2.45, 2.75) is 25.6 Å². The predicted octanol–water partition coefficient (Wildman–Crippen LogP) is 2.15. The second-order valence-electron chi connectivity index (χ2n) is 3.96. The van der Waals surface area contributed by atoms with Gasteiger partial charge in [-0.25, -0.2) is 4.68 Å². The van der Waals surface area contributed by atoms with Gasteiger partial charge in [0.25, 0.3) is 5.56 Å². The van der Waals surface area contributed by atoms with Crippen LogP contribution in [0.25, 0.3) is 11.4 Å². The zero-order valence-electron chi connectivity index (χ0n) is 10.2. The summed E-state index contributed by atoms with van der Waals surface area (Å²) in [5.41, 5.74) is 2.08. The summed E-state index contributed by atoms with van der Waals surface area (Å²) in [6.07, 6.45) is 2.58. The second kappa shape index (κ2) is 5.82. The number of hydrogen-bond acceptors (Lipinski definition) is 4. The number of aromatic nitrogens is 3. The van der Waals surface area contributed by atoms with Crippen LogP contribution in [-0.4, -0.2) is 14.8 Å². The monoisotopic (exact) mass is 261 g/mol. The van der Waals surface area contributed by atoms with Crippen LogP contribution in [-0.2, 0) is 12.3 Å². The van der Waals surface area contributed by atoms with Crippen molar-refractivity contribution in [2.75, 3.05) is 0 Å². The summed E-state index contributed by atoms with van der Waals surface area (Å²) in [4.78, 5) is 16.3. The van der Waals surface area contributed by atoms with Crippen molar-refractivity contribution in [1.29, 1.82) is 0 Å². The van der Waals surface area contributed by atoms with Crippen LogP contribution < -0.4 is 5.56 Å². The number of pyridine rings is 1. The van der Waals surface area contributed by atoms with E-state index in [9.17, 15) is 4.79 Å². The first-order valence-electron chi connectivity index (χ1n) is 5.89. The van der Waals surface area contributed by atoms with Crippen LogP contribution in [0.3, 0.4) is 0 Å². The topological polar surface area (TPSA) is 47.8 Å². The molecule has 4 nitrogen and oxygen atoms in total. The van der Waals surface area contributed by atoms with E-state index in [2.05, 4.69) is 22.7 Å². The lowest BCUT2D eigenvalue weighted by atomic mass is 10.2. The first-order chi connectivity index (χ1) is 8.76. The lowest BCUT2D eigenvalue weighted by Gasteiger charge is -2.08. The van der Waals surface area contributed by atoms with Crippen LogP contribution in [0.2, 0.25) is 0 Å². The van der Waals surface area contributed by atoms with Crippen molar-refractivity contribution in [3.63, 3.8) is 0 Å². The summed E-state index contributed by atoms with van der Waals surface area (Å²) in [5.74, 6) is 0.408. The van der Waals surface area contributed by atoms with E-state index >= 15 is 0 Å². The SMILES string of the molecule is CCCn1nc(-c2ccccn2)cc(CS)c1=O. The number of rotatable bonds is 4. The highest BCUT2D eigenvalue weighted by Crippen LogP contribution is 2.13. The quantitative estimate of drug-likeness (QED) is 0.858.